The minimum Gasteiger partial charge on any atom is -0.384 e. The number of amides is 1. The smallest absolute Gasteiger partial charge is 0.222 e. The molecule has 0 bridgehead atoms. The first-order valence-electron chi connectivity index (χ1n) is 5.48. The molecule has 0 saturated heterocycles. The molecule has 0 aliphatic heterocycles. The molecule has 0 atom stereocenters. The molecule has 1 amide bonds. The summed E-state index contributed by atoms with van der Waals surface area (Å²) in [5.74, 6) is 0.0470. The highest BCUT2D eigenvalue weighted by molar-refractivity contribution is 5.75. The van der Waals surface area contributed by atoms with E-state index in [0.29, 0.717) is 19.6 Å². The second-order valence-corrected chi connectivity index (χ2v) is 3.72. The van der Waals surface area contributed by atoms with Crippen molar-refractivity contribution in [1.29, 1.82) is 0 Å². The van der Waals surface area contributed by atoms with Crippen molar-refractivity contribution in [2.24, 2.45) is 0 Å². The third kappa shape index (κ3) is 4.44. The van der Waals surface area contributed by atoms with E-state index in [9.17, 15) is 4.79 Å². The van der Waals surface area contributed by atoms with Crippen molar-refractivity contribution in [3.63, 3.8) is 0 Å². The Labute approximate surface area is 95.6 Å². The van der Waals surface area contributed by atoms with Crippen molar-refractivity contribution < 1.29 is 9.53 Å². The molecule has 0 fully saturated rings. The highest BCUT2D eigenvalue weighted by Gasteiger charge is 2.02. The Hall–Kier alpha value is -1.36. The minimum absolute atomic E-state index is 0.0470. The number of H-pyrrole nitrogens is 1. The number of carbonyl (C=O) groups excluding carboxylic acids is 1. The average Bonchev–Trinajstić information content (AvgIpc) is 2.67. The summed E-state index contributed by atoms with van der Waals surface area (Å²) in [6, 6.07) is 0. The van der Waals surface area contributed by atoms with E-state index in [-0.39, 0.29) is 5.91 Å². The highest BCUT2D eigenvalue weighted by atomic mass is 16.5. The van der Waals surface area contributed by atoms with E-state index in [1.165, 1.54) is 5.56 Å². The highest BCUT2D eigenvalue weighted by Crippen LogP contribution is 2.04. The van der Waals surface area contributed by atoms with Crippen LogP contribution < -0.4 is 5.32 Å². The van der Waals surface area contributed by atoms with E-state index in [1.807, 2.05) is 13.1 Å². The van der Waals surface area contributed by atoms with E-state index >= 15 is 0 Å². The Bertz CT molecular complexity index is 323. The molecule has 1 heterocycles. The van der Waals surface area contributed by atoms with Crippen LogP contribution in [-0.4, -0.2) is 36.4 Å². The summed E-state index contributed by atoms with van der Waals surface area (Å²) in [6.07, 6.45) is 4.13. The van der Waals surface area contributed by atoms with Crippen molar-refractivity contribution in [3.8, 4) is 0 Å². The summed E-state index contributed by atoms with van der Waals surface area (Å²) >= 11 is 0. The lowest BCUT2D eigenvalue weighted by Gasteiger charge is -2.04. The molecule has 0 aliphatic rings. The number of hydrogen-bond donors (Lipinski definition) is 2. The van der Waals surface area contributed by atoms with Crippen molar-refractivity contribution >= 4 is 5.91 Å². The number of carbonyl (C=O) groups is 1. The molecule has 0 unspecified atom stereocenters. The third-order valence-corrected chi connectivity index (χ3v) is 2.41. The summed E-state index contributed by atoms with van der Waals surface area (Å²) < 4.78 is 4.82. The van der Waals surface area contributed by atoms with Crippen LogP contribution in [0.25, 0.3) is 0 Å². The number of aromatic amines is 1. The number of aryl methyl sites for hydroxylation is 2. The molecule has 1 rings (SSSR count). The molecule has 16 heavy (non-hydrogen) atoms. The number of hydrogen-bond acceptors (Lipinski definition) is 3. The van der Waals surface area contributed by atoms with Crippen molar-refractivity contribution in [2.75, 3.05) is 20.3 Å². The fourth-order valence-electron chi connectivity index (χ4n) is 1.42. The number of rotatable bonds is 7. The predicted molar refractivity (Wildman–Crippen MR) is 61.1 cm³/mol. The zero-order chi connectivity index (χ0) is 11.8. The lowest BCUT2D eigenvalue weighted by atomic mass is 10.1. The molecule has 5 heteroatoms. The van der Waals surface area contributed by atoms with Crippen LogP contribution in [-0.2, 0) is 16.0 Å². The molecule has 0 saturated carbocycles. The molecule has 0 aliphatic carbocycles. The second kappa shape index (κ2) is 7.00. The first-order chi connectivity index (χ1) is 7.74. The van der Waals surface area contributed by atoms with Crippen LogP contribution in [0.5, 0.6) is 0 Å². The molecule has 0 spiro atoms. The normalized spacial score (nSPS) is 10.4. The molecular weight excluding hydrogens is 206 g/mol. The van der Waals surface area contributed by atoms with Gasteiger partial charge in [0.15, 0.2) is 0 Å². The van der Waals surface area contributed by atoms with Gasteiger partial charge in [0, 0.05) is 25.8 Å². The number of aromatic nitrogens is 2. The van der Waals surface area contributed by atoms with Gasteiger partial charge in [-0.2, -0.15) is 5.10 Å². The Morgan fingerprint density at radius 1 is 1.62 bits per heavy atom. The van der Waals surface area contributed by atoms with Gasteiger partial charge in [-0.25, -0.2) is 0 Å². The van der Waals surface area contributed by atoms with Gasteiger partial charge in [0.2, 0.25) is 5.91 Å². The molecule has 1 aromatic rings. The summed E-state index contributed by atoms with van der Waals surface area (Å²) in [5.41, 5.74) is 2.32. The number of methoxy groups -OCH3 is 1. The summed E-state index contributed by atoms with van der Waals surface area (Å²) in [4.78, 5) is 11.2. The van der Waals surface area contributed by atoms with Crippen LogP contribution >= 0.6 is 0 Å². The van der Waals surface area contributed by atoms with Gasteiger partial charge in [-0.15, -0.1) is 0 Å². The van der Waals surface area contributed by atoms with Crippen molar-refractivity contribution in [1.82, 2.24) is 15.5 Å². The monoisotopic (exact) mass is 225 g/mol. The van der Waals surface area contributed by atoms with Gasteiger partial charge in [0.1, 0.15) is 0 Å². The van der Waals surface area contributed by atoms with Crippen LogP contribution in [0.15, 0.2) is 6.20 Å². The van der Waals surface area contributed by atoms with Crippen molar-refractivity contribution in [3.05, 3.63) is 17.5 Å². The van der Waals surface area contributed by atoms with Gasteiger partial charge < -0.3 is 10.1 Å². The lowest BCUT2D eigenvalue weighted by Crippen LogP contribution is -2.25. The van der Waals surface area contributed by atoms with Gasteiger partial charge in [0.05, 0.1) is 12.8 Å². The van der Waals surface area contributed by atoms with E-state index in [4.69, 9.17) is 4.74 Å². The SMILES string of the molecule is COCCC(=O)NCCCc1cn[nH]c1C. The Morgan fingerprint density at radius 2 is 2.44 bits per heavy atom. The molecule has 0 radical (unpaired) electrons. The maximum absolute atomic E-state index is 11.2. The van der Waals surface area contributed by atoms with Crippen LogP contribution in [0.1, 0.15) is 24.1 Å². The summed E-state index contributed by atoms with van der Waals surface area (Å²) in [5, 5.41) is 9.69. The van der Waals surface area contributed by atoms with Gasteiger partial charge in [-0.1, -0.05) is 0 Å². The maximum Gasteiger partial charge on any atom is 0.222 e. The summed E-state index contributed by atoms with van der Waals surface area (Å²) in [6.45, 7) is 3.18. The van der Waals surface area contributed by atoms with Crippen LogP contribution in [0.2, 0.25) is 0 Å². The van der Waals surface area contributed by atoms with Crippen LogP contribution in [0, 0.1) is 6.92 Å². The van der Waals surface area contributed by atoms with E-state index < -0.39 is 0 Å². The fourth-order valence-corrected chi connectivity index (χ4v) is 1.42. The molecule has 1 aromatic heterocycles. The number of nitrogens with zero attached hydrogens (tertiary/aromatic N) is 1. The molecule has 2 N–H and O–H groups in total. The number of ether oxygens (including phenoxy) is 1. The minimum atomic E-state index is 0.0470. The van der Waals surface area contributed by atoms with Gasteiger partial charge in [-0.3, -0.25) is 9.89 Å². The first-order valence-corrected chi connectivity index (χ1v) is 5.48. The zero-order valence-electron chi connectivity index (χ0n) is 9.88. The van der Waals surface area contributed by atoms with E-state index in [0.717, 1.165) is 18.5 Å². The van der Waals surface area contributed by atoms with Gasteiger partial charge >= 0.3 is 0 Å². The first kappa shape index (κ1) is 12.7. The predicted octanol–water partition coefficient (Wildman–Crippen LogP) is 0.803. The lowest BCUT2D eigenvalue weighted by molar-refractivity contribution is -0.121. The molecule has 0 aromatic carbocycles. The fraction of sp³-hybridized carbons (Fsp3) is 0.636. The van der Waals surface area contributed by atoms with Crippen LogP contribution in [0.4, 0.5) is 0 Å². The van der Waals surface area contributed by atoms with Gasteiger partial charge in [-0.05, 0) is 25.3 Å². The molecule has 90 valence electrons. The quantitative estimate of drug-likeness (QED) is 0.675. The van der Waals surface area contributed by atoms with Crippen molar-refractivity contribution in [2.45, 2.75) is 26.2 Å². The van der Waals surface area contributed by atoms with Crippen LogP contribution in [0.3, 0.4) is 0 Å². The standard InChI is InChI=1S/C11H19N3O2/c1-9-10(8-13-14-9)4-3-6-12-11(15)5-7-16-2/h8H,3-7H2,1-2H3,(H,12,15)(H,13,14). The second-order valence-electron chi connectivity index (χ2n) is 3.72. The Kier molecular flexibility index (Phi) is 5.56. The number of nitrogens with one attached hydrogen (secondary N) is 2. The maximum atomic E-state index is 11.2. The molecule has 5 nitrogen and oxygen atoms in total. The third-order valence-electron chi connectivity index (χ3n) is 2.41. The Morgan fingerprint density at radius 3 is 3.06 bits per heavy atom. The average molecular weight is 225 g/mol. The Balaban J connectivity index is 2.08. The topological polar surface area (TPSA) is 67.0 Å². The van der Waals surface area contributed by atoms with Gasteiger partial charge in [0.25, 0.3) is 0 Å². The summed E-state index contributed by atoms with van der Waals surface area (Å²) in [7, 11) is 1.59. The largest absolute Gasteiger partial charge is 0.384 e. The van der Waals surface area contributed by atoms with E-state index in [2.05, 4.69) is 15.5 Å². The van der Waals surface area contributed by atoms with E-state index in [1.54, 1.807) is 7.11 Å². The zero-order valence-corrected chi connectivity index (χ0v) is 9.88. The molecular formula is C11H19N3O2.